The minimum Gasteiger partial charge on any atom is -0.393 e. The highest BCUT2D eigenvalue weighted by molar-refractivity contribution is 6.76. The lowest BCUT2D eigenvalue weighted by Crippen LogP contribution is -2.54. The van der Waals surface area contributed by atoms with Crippen LogP contribution in [0, 0.1) is 29.1 Å². The Balaban J connectivity index is 2.48. The average Bonchev–Trinajstić information content (AvgIpc) is 2.58. The van der Waals surface area contributed by atoms with Crippen molar-refractivity contribution >= 4 is 8.07 Å². The topological polar surface area (TPSA) is 40.5 Å². The van der Waals surface area contributed by atoms with Crippen LogP contribution in [-0.2, 0) is 0 Å². The Morgan fingerprint density at radius 2 is 1.89 bits per heavy atom. The van der Waals surface area contributed by atoms with E-state index in [4.69, 9.17) is 0 Å². The minimum absolute atomic E-state index is 0.0813. The van der Waals surface area contributed by atoms with E-state index in [1.807, 2.05) is 0 Å². The molecule has 2 saturated carbocycles. The maximum atomic E-state index is 12.3. The second-order valence-corrected chi connectivity index (χ2v) is 16.9. The summed E-state index contributed by atoms with van der Waals surface area (Å²) in [6, 6.07) is 0.848. The van der Waals surface area contributed by atoms with E-state index in [-0.39, 0.29) is 17.3 Å². The van der Waals surface area contributed by atoms with E-state index in [2.05, 4.69) is 66.9 Å². The quantitative estimate of drug-likeness (QED) is 0.410. The molecule has 0 aromatic rings. The highest BCUT2D eigenvalue weighted by Gasteiger charge is 2.68. The zero-order valence-electron chi connectivity index (χ0n) is 19.1. The van der Waals surface area contributed by atoms with Crippen LogP contribution < -0.4 is 0 Å². The highest BCUT2D eigenvalue weighted by atomic mass is 28.3. The van der Waals surface area contributed by atoms with Crippen LogP contribution in [-0.4, -0.2) is 30.0 Å². The van der Waals surface area contributed by atoms with E-state index in [0.717, 1.165) is 31.7 Å². The summed E-state index contributed by atoms with van der Waals surface area (Å²) in [6.07, 6.45) is 5.50. The molecule has 0 radical (unpaired) electrons. The number of fused-ring (bicyclic) bond motifs is 2. The molecule has 6 atom stereocenters. The van der Waals surface area contributed by atoms with Gasteiger partial charge in [0.25, 0.3) is 0 Å². The SMILES string of the molecule is C=C1[C@H]2[C@@H]([C@@H](O)CCC=C(C)C)[C@@](O)(C[Si](C)(C)C)[C@]1(C)CC[C@@H]2C(C)C. The standard InChI is InChI=1S/C24H44O2Si/c1-16(2)11-10-12-20(25)22-21-18(5)23(6,14-13-19(21)17(3)4)24(22,26)15-27(7,8)9/h11,17,19-22,25-26H,5,10,12-15H2,1-4,6-9H3/t19-,20+,21-,22-,23-,24+/m1/s1. The zero-order chi connectivity index (χ0) is 20.8. The summed E-state index contributed by atoms with van der Waals surface area (Å²) in [6.45, 7) is 22.6. The molecule has 2 bridgehead atoms. The van der Waals surface area contributed by atoms with Crippen LogP contribution in [0.1, 0.15) is 60.3 Å². The number of rotatable bonds is 7. The fraction of sp³-hybridized carbons (Fsp3) is 0.833. The third-order valence-corrected chi connectivity index (χ3v) is 9.13. The maximum Gasteiger partial charge on any atom is 0.0773 e. The molecular formula is C24H44O2Si. The summed E-state index contributed by atoms with van der Waals surface area (Å²) in [5, 5.41) is 23.6. The first-order chi connectivity index (χ1) is 12.2. The number of hydrogen-bond acceptors (Lipinski definition) is 2. The molecule has 0 unspecified atom stereocenters. The lowest BCUT2D eigenvalue weighted by atomic mass is 9.64. The Bertz CT molecular complexity index is 584. The summed E-state index contributed by atoms with van der Waals surface area (Å²) in [7, 11) is -1.53. The van der Waals surface area contributed by atoms with E-state index in [1.54, 1.807) is 0 Å². The lowest BCUT2D eigenvalue weighted by Gasteiger charge is -2.47. The van der Waals surface area contributed by atoms with E-state index in [0.29, 0.717) is 11.8 Å². The van der Waals surface area contributed by atoms with E-state index >= 15 is 0 Å². The van der Waals surface area contributed by atoms with Crippen molar-refractivity contribution in [1.82, 2.24) is 0 Å². The Labute approximate surface area is 169 Å². The summed E-state index contributed by atoms with van der Waals surface area (Å²) in [4.78, 5) is 0. The van der Waals surface area contributed by atoms with Crippen LogP contribution in [0.15, 0.2) is 23.8 Å². The van der Waals surface area contributed by atoms with Gasteiger partial charge >= 0.3 is 0 Å². The summed E-state index contributed by atoms with van der Waals surface area (Å²) < 4.78 is 0. The third-order valence-electron chi connectivity index (χ3n) is 7.53. The van der Waals surface area contributed by atoms with Gasteiger partial charge in [-0.15, -0.1) is 0 Å². The fourth-order valence-corrected chi connectivity index (χ4v) is 8.46. The molecule has 2 fully saturated rings. The first kappa shape index (κ1) is 22.9. The second-order valence-electron chi connectivity index (χ2n) is 11.4. The minimum atomic E-state index is -1.53. The Morgan fingerprint density at radius 1 is 1.30 bits per heavy atom. The van der Waals surface area contributed by atoms with Crippen LogP contribution in [0.3, 0.4) is 0 Å². The Morgan fingerprint density at radius 3 is 2.37 bits per heavy atom. The van der Waals surface area contributed by atoms with Gasteiger partial charge < -0.3 is 10.2 Å². The zero-order valence-corrected chi connectivity index (χ0v) is 20.1. The molecule has 156 valence electrons. The van der Waals surface area contributed by atoms with Crippen LogP contribution in [0.4, 0.5) is 0 Å². The van der Waals surface area contributed by atoms with Gasteiger partial charge in [-0.05, 0) is 63.3 Å². The third kappa shape index (κ3) is 4.16. The summed E-state index contributed by atoms with van der Waals surface area (Å²) in [5.41, 5.74) is 1.43. The number of allylic oxidation sites excluding steroid dienone is 2. The van der Waals surface area contributed by atoms with Crippen molar-refractivity contribution in [3.05, 3.63) is 23.8 Å². The average molecular weight is 393 g/mol. The van der Waals surface area contributed by atoms with Gasteiger partial charge in [-0.25, -0.2) is 0 Å². The predicted molar refractivity (Wildman–Crippen MR) is 120 cm³/mol. The van der Waals surface area contributed by atoms with E-state index in [1.165, 1.54) is 11.1 Å². The van der Waals surface area contributed by atoms with Crippen molar-refractivity contribution in [2.45, 2.75) is 97.7 Å². The van der Waals surface area contributed by atoms with Crippen LogP contribution in [0.2, 0.25) is 25.7 Å². The van der Waals surface area contributed by atoms with Crippen LogP contribution in [0.5, 0.6) is 0 Å². The van der Waals surface area contributed by atoms with Crippen molar-refractivity contribution in [3.63, 3.8) is 0 Å². The maximum absolute atomic E-state index is 12.3. The highest BCUT2D eigenvalue weighted by Crippen LogP contribution is 2.68. The van der Waals surface area contributed by atoms with Crippen molar-refractivity contribution in [2.75, 3.05) is 0 Å². The molecule has 2 nitrogen and oxygen atoms in total. The molecule has 0 saturated heterocycles. The van der Waals surface area contributed by atoms with Gasteiger partial charge in [-0.2, -0.15) is 0 Å². The van der Waals surface area contributed by atoms with Gasteiger partial charge in [0.1, 0.15) is 0 Å². The molecule has 0 aromatic carbocycles. The van der Waals surface area contributed by atoms with Crippen molar-refractivity contribution in [1.29, 1.82) is 0 Å². The monoisotopic (exact) mass is 392 g/mol. The van der Waals surface area contributed by atoms with Gasteiger partial charge in [0, 0.05) is 19.4 Å². The van der Waals surface area contributed by atoms with Gasteiger partial charge in [-0.1, -0.05) is 64.2 Å². The number of aliphatic hydroxyl groups is 2. The first-order valence-corrected chi connectivity index (χ1v) is 14.7. The number of hydrogen-bond donors (Lipinski definition) is 2. The van der Waals surface area contributed by atoms with Gasteiger partial charge in [-0.3, -0.25) is 0 Å². The molecule has 0 heterocycles. The van der Waals surface area contributed by atoms with Gasteiger partial charge in [0.15, 0.2) is 0 Å². The Kier molecular flexibility index (Phi) is 6.61. The molecule has 0 amide bonds. The molecule has 0 spiro atoms. The molecule has 2 N–H and O–H groups in total. The molecule has 2 aliphatic carbocycles. The number of aliphatic hydroxyl groups excluding tert-OH is 1. The summed E-state index contributed by atoms with van der Waals surface area (Å²) in [5.74, 6) is 1.23. The van der Waals surface area contributed by atoms with Crippen molar-refractivity contribution in [3.8, 4) is 0 Å². The van der Waals surface area contributed by atoms with E-state index in [9.17, 15) is 10.2 Å². The van der Waals surface area contributed by atoms with Crippen LogP contribution in [0.25, 0.3) is 0 Å². The largest absolute Gasteiger partial charge is 0.393 e. The van der Waals surface area contributed by atoms with Gasteiger partial charge in [0.2, 0.25) is 0 Å². The molecular weight excluding hydrogens is 348 g/mol. The van der Waals surface area contributed by atoms with Crippen molar-refractivity contribution in [2.24, 2.45) is 29.1 Å². The normalized spacial score (nSPS) is 37.6. The predicted octanol–water partition coefficient (Wildman–Crippen LogP) is 6.04. The molecule has 0 aliphatic heterocycles. The fourth-order valence-electron chi connectivity index (χ4n) is 6.21. The van der Waals surface area contributed by atoms with Gasteiger partial charge in [0.05, 0.1) is 11.7 Å². The lowest BCUT2D eigenvalue weighted by molar-refractivity contribution is -0.102. The Hall–Kier alpha value is -0.383. The molecule has 0 aromatic heterocycles. The van der Waals surface area contributed by atoms with Crippen molar-refractivity contribution < 1.29 is 10.2 Å². The smallest absolute Gasteiger partial charge is 0.0773 e. The van der Waals surface area contributed by atoms with Crippen LogP contribution >= 0.6 is 0 Å². The molecule has 27 heavy (non-hydrogen) atoms. The summed E-state index contributed by atoms with van der Waals surface area (Å²) >= 11 is 0. The molecule has 3 heteroatoms. The van der Waals surface area contributed by atoms with E-state index < -0.39 is 19.8 Å². The first-order valence-electron chi connectivity index (χ1n) is 11.0. The second kappa shape index (κ2) is 7.80. The molecule has 2 rings (SSSR count). The molecule has 2 aliphatic rings.